The Morgan fingerprint density at radius 1 is 1.44 bits per heavy atom. The summed E-state index contributed by atoms with van der Waals surface area (Å²) < 4.78 is 13.2. The maximum absolute atomic E-state index is 13.2. The fraction of sp³-hybridized carbons (Fsp3) is 0.538. The van der Waals surface area contributed by atoms with Gasteiger partial charge >= 0.3 is 0 Å². The fourth-order valence-corrected chi connectivity index (χ4v) is 1.72. The van der Waals surface area contributed by atoms with Crippen molar-refractivity contribution >= 4 is 5.91 Å². The first-order valence-electron chi connectivity index (χ1n) is 6.30. The van der Waals surface area contributed by atoms with Gasteiger partial charge in [-0.05, 0) is 31.6 Å². The lowest BCUT2D eigenvalue weighted by molar-refractivity contribution is 0.0943. The van der Waals surface area contributed by atoms with Crippen LogP contribution in [-0.4, -0.2) is 42.0 Å². The van der Waals surface area contributed by atoms with Crippen LogP contribution < -0.4 is 5.32 Å². The number of hydrogen-bond donors (Lipinski definition) is 1. The quantitative estimate of drug-likeness (QED) is 0.752. The molecule has 100 valence electrons. The van der Waals surface area contributed by atoms with E-state index in [4.69, 9.17) is 0 Å². The van der Waals surface area contributed by atoms with Crippen LogP contribution >= 0.6 is 0 Å². The van der Waals surface area contributed by atoms with Crippen molar-refractivity contribution < 1.29 is 9.18 Å². The average molecular weight is 253 g/mol. The Balaban J connectivity index is 2.40. The van der Waals surface area contributed by atoms with Gasteiger partial charge in [0.15, 0.2) is 0 Å². The first kappa shape index (κ1) is 14.6. The lowest BCUT2D eigenvalue weighted by Gasteiger charge is -2.19. The summed E-state index contributed by atoms with van der Waals surface area (Å²) in [4.78, 5) is 17.4. The summed E-state index contributed by atoms with van der Waals surface area (Å²) in [6.07, 6.45) is 2.41. The second kappa shape index (κ2) is 7.76. The van der Waals surface area contributed by atoms with Crippen LogP contribution in [0.5, 0.6) is 0 Å². The highest BCUT2D eigenvalue weighted by Gasteiger charge is 2.11. The molecule has 0 aliphatic heterocycles. The van der Waals surface area contributed by atoms with Gasteiger partial charge in [0.1, 0.15) is 0 Å². The van der Waals surface area contributed by atoms with E-state index in [-0.39, 0.29) is 5.56 Å². The van der Waals surface area contributed by atoms with Crippen molar-refractivity contribution in [2.24, 2.45) is 0 Å². The van der Waals surface area contributed by atoms with Crippen LogP contribution in [0, 0.1) is 5.95 Å². The highest BCUT2D eigenvalue weighted by molar-refractivity contribution is 5.94. The van der Waals surface area contributed by atoms with Gasteiger partial charge in [-0.3, -0.25) is 4.79 Å². The third kappa shape index (κ3) is 4.41. The topological polar surface area (TPSA) is 45.2 Å². The number of carbonyl (C=O) groups is 1. The molecule has 1 N–H and O–H groups in total. The van der Waals surface area contributed by atoms with Gasteiger partial charge < -0.3 is 10.2 Å². The molecule has 18 heavy (non-hydrogen) atoms. The van der Waals surface area contributed by atoms with Crippen LogP contribution in [-0.2, 0) is 0 Å². The molecular formula is C13H20FN3O. The number of carbonyl (C=O) groups excluding carboxylic acids is 1. The van der Waals surface area contributed by atoms with Crippen molar-refractivity contribution in [1.29, 1.82) is 0 Å². The van der Waals surface area contributed by atoms with Crippen molar-refractivity contribution in [2.75, 3.05) is 26.2 Å². The van der Waals surface area contributed by atoms with E-state index in [0.29, 0.717) is 6.54 Å². The highest BCUT2D eigenvalue weighted by Crippen LogP contribution is 2.02. The Morgan fingerprint density at radius 2 is 2.22 bits per heavy atom. The molecular weight excluding hydrogens is 233 g/mol. The molecule has 0 fully saturated rings. The minimum atomic E-state index is -0.726. The monoisotopic (exact) mass is 253 g/mol. The summed E-state index contributed by atoms with van der Waals surface area (Å²) >= 11 is 0. The molecule has 0 atom stereocenters. The first-order chi connectivity index (χ1) is 8.69. The van der Waals surface area contributed by atoms with Gasteiger partial charge in [-0.15, -0.1) is 0 Å². The van der Waals surface area contributed by atoms with Gasteiger partial charge in [0.2, 0.25) is 5.95 Å². The number of rotatable bonds is 7. The van der Waals surface area contributed by atoms with E-state index in [1.165, 1.54) is 12.3 Å². The molecule has 0 saturated heterocycles. The zero-order valence-electron chi connectivity index (χ0n) is 10.9. The number of aromatic nitrogens is 1. The van der Waals surface area contributed by atoms with Crippen LogP contribution in [0.3, 0.4) is 0 Å². The summed E-state index contributed by atoms with van der Waals surface area (Å²) in [6, 6.07) is 2.98. The van der Waals surface area contributed by atoms with Gasteiger partial charge in [-0.1, -0.05) is 13.8 Å². The molecule has 0 bridgehead atoms. The molecule has 4 nitrogen and oxygen atoms in total. The fourth-order valence-electron chi connectivity index (χ4n) is 1.72. The third-order valence-electron chi connectivity index (χ3n) is 2.70. The lowest BCUT2D eigenvalue weighted by atomic mass is 10.2. The molecule has 1 rings (SSSR count). The van der Waals surface area contributed by atoms with E-state index in [1.54, 1.807) is 6.07 Å². The molecule has 0 aromatic carbocycles. The third-order valence-corrected chi connectivity index (χ3v) is 2.70. The van der Waals surface area contributed by atoms with Gasteiger partial charge in [-0.25, -0.2) is 4.98 Å². The first-order valence-corrected chi connectivity index (χ1v) is 6.30. The van der Waals surface area contributed by atoms with Crippen LogP contribution in [0.1, 0.15) is 30.6 Å². The van der Waals surface area contributed by atoms with Crippen molar-refractivity contribution in [1.82, 2.24) is 15.2 Å². The standard InChI is InChI=1S/C13H20FN3O/c1-3-9-17(4-2)10-8-16-13(18)11-6-5-7-15-12(11)14/h5-7H,3-4,8-10H2,1-2H3,(H,16,18). The van der Waals surface area contributed by atoms with E-state index in [9.17, 15) is 9.18 Å². The summed E-state index contributed by atoms with van der Waals surface area (Å²) in [5.41, 5.74) is -0.00367. The number of nitrogens with one attached hydrogen (secondary N) is 1. The molecule has 1 aromatic rings. The van der Waals surface area contributed by atoms with E-state index < -0.39 is 11.9 Å². The van der Waals surface area contributed by atoms with Crippen molar-refractivity contribution in [3.8, 4) is 0 Å². The van der Waals surface area contributed by atoms with Crippen LogP contribution in [0.2, 0.25) is 0 Å². The number of likely N-dealkylation sites (N-methyl/N-ethyl adjacent to an activating group) is 1. The largest absolute Gasteiger partial charge is 0.351 e. The Kier molecular flexibility index (Phi) is 6.28. The van der Waals surface area contributed by atoms with Gasteiger partial charge in [-0.2, -0.15) is 4.39 Å². The molecule has 0 aliphatic rings. The van der Waals surface area contributed by atoms with E-state index in [2.05, 4.69) is 29.0 Å². The number of pyridine rings is 1. The minimum Gasteiger partial charge on any atom is -0.351 e. The summed E-state index contributed by atoms with van der Waals surface area (Å²) in [5.74, 6) is -1.14. The minimum absolute atomic E-state index is 0.00367. The molecule has 0 radical (unpaired) electrons. The Morgan fingerprint density at radius 3 is 2.83 bits per heavy atom. The molecule has 0 saturated carbocycles. The van der Waals surface area contributed by atoms with Gasteiger partial charge in [0.25, 0.3) is 5.91 Å². The number of amides is 1. The molecule has 0 spiro atoms. The summed E-state index contributed by atoms with van der Waals surface area (Å²) in [7, 11) is 0. The maximum atomic E-state index is 13.2. The second-order valence-corrected chi connectivity index (χ2v) is 4.03. The van der Waals surface area contributed by atoms with Crippen LogP contribution in [0.25, 0.3) is 0 Å². The molecule has 5 heteroatoms. The summed E-state index contributed by atoms with van der Waals surface area (Å²) in [5, 5.41) is 2.70. The Hall–Kier alpha value is -1.49. The Labute approximate surface area is 107 Å². The molecule has 1 heterocycles. The molecule has 1 aromatic heterocycles. The molecule has 1 amide bonds. The molecule has 0 aliphatic carbocycles. The number of halogens is 1. The predicted molar refractivity (Wildman–Crippen MR) is 68.9 cm³/mol. The normalized spacial score (nSPS) is 10.7. The van der Waals surface area contributed by atoms with E-state index in [0.717, 1.165) is 26.1 Å². The highest BCUT2D eigenvalue weighted by atomic mass is 19.1. The van der Waals surface area contributed by atoms with Crippen molar-refractivity contribution in [3.05, 3.63) is 29.8 Å². The van der Waals surface area contributed by atoms with Crippen LogP contribution in [0.15, 0.2) is 18.3 Å². The smallest absolute Gasteiger partial charge is 0.255 e. The van der Waals surface area contributed by atoms with Gasteiger partial charge in [0.05, 0.1) is 5.56 Å². The lowest BCUT2D eigenvalue weighted by Crippen LogP contribution is -2.35. The maximum Gasteiger partial charge on any atom is 0.255 e. The van der Waals surface area contributed by atoms with Crippen LogP contribution in [0.4, 0.5) is 4.39 Å². The van der Waals surface area contributed by atoms with E-state index >= 15 is 0 Å². The van der Waals surface area contributed by atoms with Gasteiger partial charge in [0, 0.05) is 19.3 Å². The van der Waals surface area contributed by atoms with E-state index in [1.807, 2.05) is 0 Å². The average Bonchev–Trinajstić information content (AvgIpc) is 2.38. The number of hydrogen-bond acceptors (Lipinski definition) is 3. The SMILES string of the molecule is CCCN(CC)CCNC(=O)c1cccnc1F. The predicted octanol–water partition coefficient (Wildman–Crippen LogP) is 1.68. The zero-order chi connectivity index (χ0) is 13.4. The second-order valence-electron chi connectivity index (χ2n) is 4.03. The zero-order valence-corrected chi connectivity index (χ0v) is 10.9. The number of nitrogens with zero attached hydrogens (tertiary/aromatic N) is 2. The Bertz CT molecular complexity index is 384. The molecule has 0 unspecified atom stereocenters. The van der Waals surface area contributed by atoms with Crippen molar-refractivity contribution in [2.45, 2.75) is 20.3 Å². The van der Waals surface area contributed by atoms with Crippen molar-refractivity contribution in [3.63, 3.8) is 0 Å². The summed E-state index contributed by atoms with van der Waals surface area (Å²) in [6.45, 7) is 7.45.